The van der Waals surface area contributed by atoms with Crippen molar-refractivity contribution in [1.82, 2.24) is 4.90 Å². The highest BCUT2D eigenvalue weighted by molar-refractivity contribution is 5.92. The molecular weight excluding hydrogens is 390 g/mol. The minimum atomic E-state index is -0.141. The van der Waals surface area contributed by atoms with Crippen molar-refractivity contribution in [2.45, 2.75) is 60.5 Å². The van der Waals surface area contributed by atoms with Crippen LogP contribution in [0, 0.1) is 11.3 Å². The first-order valence-corrected chi connectivity index (χ1v) is 10.8. The molecule has 1 heterocycles. The molecule has 6 nitrogen and oxygen atoms in total. The summed E-state index contributed by atoms with van der Waals surface area (Å²) < 4.78 is 5.39. The van der Waals surface area contributed by atoms with E-state index in [-0.39, 0.29) is 29.2 Å². The largest absolute Gasteiger partial charge is 0.459 e. The smallest absolute Gasteiger partial charge is 0.290 e. The van der Waals surface area contributed by atoms with Gasteiger partial charge in [0.2, 0.25) is 5.91 Å². The van der Waals surface area contributed by atoms with Crippen LogP contribution in [0.3, 0.4) is 0 Å². The number of anilines is 2. The number of rotatable bonds is 8. The van der Waals surface area contributed by atoms with Gasteiger partial charge in [0.25, 0.3) is 5.91 Å². The van der Waals surface area contributed by atoms with E-state index in [1.807, 2.05) is 62.9 Å². The first-order chi connectivity index (χ1) is 14.4. The monoisotopic (exact) mass is 427 g/mol. The molecule has 0 saturated heterocycles. The number of hydrogen-bond donors (Lipinski definition) is 1. The molecule has 0 spiro atoms. The molecule has 0 radical (unpaired) electrons. The molecule has 0 fully saturated rings. The molecule has 1 N–H and O–H groups in total. The van der Waals surface area contributed by atoms with Crippen LogP contribution in [0.4, 0.5) is 11.4 Å². The van der Waals surface area contributed by atoms with Crippen molar-refractivity contribution in [2.75, 3.05) is 24.3 Å². The Labute approximate surface area is 186 Å². The van der Waals surface area contributed by atoms with Crippen molar-refractivity contribution in [3.63, 3.8) is 0 Å². The van der Waals surface area contributed by atoms with Gasteiger partial charge >= 0.3 is 0 Å². The van der Waals surface area contributed by atoms with E-state index < -0.39 is 0 Å². The third-order valence-electron chi connectivity index (χ3n) is 5.33. The maximum absolute atomic E-state index is 13.2. The summed E-state index contributed by atoms with van der Waals surface area (Å²) in [6.45, 7) is 12.8. The van der Waals surface area contributed by atoms with Crippen LogP contribution in [0.2, 0.25) is 0 Å². The lowest BCUT2D eigenvalue weighted by Gasteiger charge is -2.33. The number of carbonyl (C=O) groups excluding carboxylic acids is 2. The molecule has 170 valence electrons. The van der Waals surface area contributed by atoms with Gasteiger partial charge in [0.1, 0.15) is 0 Å². The third-order valence-corrected chi connectivity index (χ3v) is 5.33. The average Bonchev–Trinajstić information content (AvgIpc) is 3.18. The predicted octanol–water partition coefficient (Wildman–Crippen LogP) is 5.41. The van der Waals surface area contributed by atoms with Gasteiger partial charge in [-0.2, -0.15) is 0 Å². The van der Waals surface area contributed by atoms with E-state index in [0.717, 1.165) is 16.9 Å². The van der Waals surface area contributed by atoms with Gasteiger partial charge in [0.15, 0.2) is 5.76 Å². The van der Waals surface area contributed by atoms with Crippen molar-refractivity contribution in [3.8, 4) is 0 Å². The summed E-state index contributed by atoms with van der Waals surface area (Å²) in [6, 6.07) is 9.28. The standard InChI is InChI=1S/C25H37N3O3/c1-17(2)18(3)28(24(30)22-10-9-13-31-22)16-19-14-20(11-12-21(19)27(7)8)26-23(29)15-25(4,5)6/h9-14,17-18H,15-16H2,1-8H3,(H,26,29). The summed E-state index contributed by atoms with van der Waals surface area (Å²) in [5, 5.41) is 3.01. The van der Waals surface area contributed by atoms with Crippen LogP contribution in [-0.4, -0.2) is 36.9 Å². The third kappa shape index (κ3) is 6.88. The second kappa shape index (κ2) is 10.0. The lowest BCUT2D eigenvalue weighted by atomic mass is 9.92. The van der Waals surface area contributed by atoms with Gasteiger partial charge < -0.3 is 19.5 Å². The quantitative estimate of drug-likeness (QED) is 0.612. The van der Waals surface area contributed by atoms with Gasteiger partial charge in [-0.15, -0.1) is 0 Å². The molecule has 0 aliphatic rings. The van der Waals surface area contributed by atoms with Gasteiger partial charge in [-0.25, -0.2) is 0 Å². The zero-order valence-corrected chi connectivity index (χ0v) is 20.2. The number of amides is 2. The average molecular weight is 428 g/mol. The van der Waals surface area contributed by atoms with E-state index in [1.54, 1.807) is 12.1 Å². The van der Waals surface area contributed by atoms with E-state index >= 15 is 0 Å². The summed E-state index contributed by atoms with van der Waals surface area (Å²) in [7, 11) is 3.95. The molecule has 0 aliphatic heterocycles. The number of furan rings is 1. The van der Waals surface area contributed by atoms with Crippen molar-refractivity contribution >= 4 is 23.2 Å². The highest BCUT2D eigenvalue weighted by Gasteiger charge is 2.27. The minimum absolute atomic E-state index is 0.00625. The number of hydrogen-bond acceptors (Lipinski definition) is 4. The molecule has 2 amide bonds. The first-order valence-electron chi connectivity index (χ1n) is 10.8. The van der Waals surface area contributed by atoms with E-state index in [0.29, 0.717) is 18.7 Å². The second-order valence-electron chi connectivity index (χ2n) is 9.92. The minimum Gasteiger partial charge on any atom is -0.459 e. The SMILES string of the molecule is CC(C)C(C)N(Cc1cc(NC(=O)CC(C)(C)C)ccc1N(C)C)C(=O)c1ccco1. The van der Waals surface area contributed by atoms with E-state index in [2.05, 4.69) is 26.1 Å². The Balaban J connectivity index is 2.37. The molecule has 2 aromatic rings. The van der Waals surface area contributed by atoms with Gasteiger partial charge in [0, 0.05) is 44.5 Å². The molecule has 1 aromatic heterocycles. The number of nitrogens with zero attached hydrogens (tertiary/aromatic N) is 2. The van der Waals surface area contributed by atoms with Crippen molar-refractivity contribution in [1.29, 1.82) is 0 Å². The van der Waals surface area contributed by atoms with Crippen LogP contribution in [0.1, 0.15) is 64.1 Å². The van der Waals surface area contributed by atoms with Crippen molar-refractivity contribution in [3.05, 3.63) is 47.9 Å². The number of nitrogens with one attached hydrogen (secondary N) is 1. The molecule has 0 bridgehead atoms. The molecule has 0 aliphatic carbocycles. The van der Waals surface area contributed by atoms with Crippen LogP contribution in [0.5, 0.6) is 0 Å². The van der Waals surface area contributed by atoms with E-state index in [4.69, 9.17) is 4.42 Å². The Morgan fingerprint density at radius 2 is 1.77 bits per heavy atom. The van der Waals surface area contributed by atoms with Gasteiger partial charge in [-0.05, 0) is 54.2 Å². The Kier molecular flexibility index (Phi) is 7.93. The van der Waals surface area contributed by atoms with Crippen LogP contribution in [0.25, 0.3) is 0 Å². The van der Waals surface area contributed by atoms with Crippen LogP contribution in [-0.2, 0) is 11.3 Å². The summed E-state index contributed by atoms with van der Waals surface area (Å²) >= 11 is 0. The summed E-state index contributed by atoms with van der Waals surface area (Å²) in [5.74, 6) is 0.443. The van der Waals surface area contributed by atoms with Gasteiger partial charge in [-0.1, -0.05) is 34.6 Å². The molecular formula is C25H37N3O3. The Hall–Kier alpha value is -2.76. The Morgan fingerprint density at radius 1 is 1.10 bits per heavy atom. The fourth-order valence-electron chi connectivity index (χ4n) is 3.40. The maximum atomic E-state index is 13.2. The molecule has 2 rings (SSSR count). The highest BCUT2D eigenvalue weighted by atomic mass is 16.3. The van der Waals surface area contributed by atoms with Crippen molar-refractivity contribution in [2.24, 2.45) is 11.3 Å². The second-order valence-corrected chi connectivity index (χ2v) is 9.92. The molecule has 0 saturated carbocycles. The summed E-state index contributed by atoms with van der Waals surface area (Å²) in [4.78, 5) is 29.5. The Morgan fingerprint density at radius 3 is 2.29 bits per heavy atom. The maximum Gasteiger partial charge on any atom is 0.290 e. The summed E-state index contributed by atoms with van der Waals surface area (Å²) in [6.07, 6.45) is 1.95. The molecule has 1 unspecified atom stereocenters. The normalized spacial score (nSPS) is 12.5. The fraction of sp³-hybridized carbons (Fsp3) is 0.520. The lowest BCUT2D eigenvalue weighted by molar-refractivity contribution is -0.117. The van der Waals surface area contributed by atoms with Crippen LogP contribution in [0.15, 0.2) is 41.0 Å². The van der Waals surface area contributed by atoms with Crippen molar-refractivity contribution < 1.29 is 14.0 Å². The summed E-state index contributed by atoms with van der Waals surface area (Å²) in [5.41, 5.74) is 2.61. The van der Waals surface area contributed by atoms with Crippen LogP contribution < -0.4 is 10.2 Å². The van der Waals surface area contributed by atoms with E-state index in [1.165, 1.54) is 6.26 Å². The zero-order chi connectivity index (χ0) is 23.3. The number of benzene rings is 1. The van der Waals surface area contributed by atoms with Gasteiger partial charge in [0.05, 0.1) is 6.26 Å². The Bertz CT molecular complexity index is 880. The molecule has 1 aromatic carbocycles. The molecule has 6 heteroatoms. The van der Waals surface area contributed by atoms with Crippen LogP contribution >= 0.6 is 0 Å². The zero-order valence-electron chi connectivity index (χ0n) is 20.2. The molecule has 31 heavy (non-hydrogen) atoms. The first kappa shape index (κ1) is 24.5. The van der Waals surface area contributed by atoms with Gasteiger partial charge in [-0.3, -0.25) is 9.59 Å². The predicted molar refractivity (Wildman–Crippen MR) is 126 cm³/mol. The molecule has 1 atom stereocenters. The fourth-order valence-corrected chi connectivity index (χ4v) is 3.40. The highest BCUT2D eigenvalue weighted by Crippen LogP contribution is 2.28. The van der Waals surface area contributed by atoms with E-state index in [9.17, 15) is 9.59 Å². The topological polar surface area (TPSA) is 65.8 Å². The number of carbonyl (C=O) groups is 2. The lowest BCUT2D eigenvalue weighted by Crippen LogP contribution is -2.41.